The first kappa shape index (κ1) is 15.7. The number of benzene rings is 1. The van der Waals surface area contributed by atoms with Gasteiger partial charge < -0.3 is 10.1 Å². The number of halogens is 1. The summed E-state index contributed by atoms with van der Waals surface area (Å²) in [6.07, 6.45) is 5.81. The normalized spacial score (nSPS) is 28.4. The van der Waals surface area contributed by atoms with Crippen LogP contribution in [0, 0.1) is 17.7 Å². The van der Waals surface area contributed by atoms with Gasteiger partial charge >= 0.3 is 0 Å². The molecule has 3 heteroatoms. The highest BCUT2D eigenvalue weighted by molar-refractivity contribution is 9.10. The summed E-state index contributed by atoms with van der Waals surface area (Å²) >= 11 is 3.59. The Labute approximate surface area is 130 Å². The first-order valence-corrected chi connectivity index (χ1v) is 7.76. The standard InChI is InChI=1S/C16H20BrNO.CH4/c1-10-7-11-9-16(5-3-12(19-2)4-6-16)15(18)13(11)8-14(10)17;/h7-8,12,18H,3-6,9H2,1-2H3;1H4. The van der Waals surface area contributed by atoms with Gasteiger partial charge in [0.2, 0.25) is 0 Å². The van der Waals surface area contributed by atoms with E-state index in [4.69, 9.17) is 10.1 Å². The van der Waals surface area contributed by atoms with Crippen LogP contribution in [0.1, 0.15) is 49.8 Å². The number of rotatable bonds is 1. The Bertz CT molecular complexity index is 530. The molecule has 0 saturated heterocycles. The lowest BCUT2D eigenvalue weighted by molar-refractivity contribution is 0.0467. The quantitative estimate of drug-likeness (QED) is 0.777. The number of hydrogen-bond acceptors (Lipinski definition) is 2. The molecule has 2 aliphatic rings. The predicted octanol–water partition coefficient (Wildman–Crippen LogP) is 4.89. The van der Waals surface area contributed by atoms with Crippen LogP contribution in [0.2, 0.25) is 0 Å². The van der Waals surface area contributed by atoms with Crippen molar-refractivity contribution in [2.24, 2.45) is 5.41 Å². The molecule has 0 amide bonds. The summed E-state index contributed by atoms with van der Waals surface area (Å²) in [5.41, 5.74) is 4.74. The highest BCUT2D eigenvalue weighted by atomic mass is 79.9. The number of nitrogens with one attached hydrogen (secondary N) is 1. The van der Waals surface area contributed by atoms with Crippen molar-refractivity contribution in [1.29, 1.82) is 5.41 Å². The first-order chi connectivity index (χ1) is 9.05. The van der Waals surface area contributed by atoms with Crippen molar-refractivity contribution in [3.8, 4) is 0 Å². The summed E-state index contributed by atoms with van der Waals surface area (Å²) in [6.45, 7) is 2.13. The van der Waals surface area contributed by atoms with Crippen molar-refractivity contribution in [1.82, 2.24) is 0 Å². The molecule has 1 fully saturated rings. The molecule has 0 unspecified atom stereocenters. The molecule has 1 aromatic rings. The molecule has 1 N–H and O–H groups in total. The second-order valence-electron chi connectivity index (χ2n) is 6.03. The molecule has 2 aliphatic carbocycles. The van der Waals surface area contributed by atoms with Crippen LogP contribution < -0.4 is 0 Å². The number of aryl methyl sites for hydroxylation is 1. The molecule has 1 aromatic carbocycles. The average molecular weight is 338 g/mol. The molecule has 0 heterocycles. The van der Waals surface area contributed by atoms with Gasteiger partial charge in [-0.2, -0.15) is 0 Å². The Morgan fingerprint density at radius 2 is 1.95 bits per heavy atom. The van der Waals surface area contributed by atoms with E-state index in [1.165, 1.54) is 11.1 Å². The minimum Gasteiger partial charge on any atom is -0.381 e. The summed E-state index contributed by atoms with van der Waals surface area (Å²) in [6, 6.07) is 4.40. The summed E-state index contributed by atoms with van der Waals surface area (Å²) in [7, 11) is 1.80. The van der Waals surface area contributed by atoms with Crippen molar-refractivity contribution in [2.75, 3.05) is 7.11 Å². The van der Waals surface area contributed by atoms with Crippen molar-refractivity contribution in [3.63, 3.8) is 0 Å². The van der Waals surface area contributed by atoms with Crippen LogP contribution in [0.5, 0.6) is 0 Å². The molecule has 20 heavy (non-hydrogen) atoms. The zero-order chi connectivity index (χ0) is 13.6. The maximum Gasteiger partial charge on any atom is 0.0572 e. The third kappa shape index (κ3) is 2.35. The maximum absolute atomic E-state index is 8.60. The highest BCUT2D eigenvalue weighted by Crippen LogP contribution is 2.48. The van der Waals surface area contributed by atoms with Gasteiger partial charge in [0.25, 0.3) is 0 Å². The van der Waals surface area contributed by atoms with Crippen LogP contribution in [-0.4, -0.2) is 18.9 Å². The molecule has 0 bridgehead atoms. The molecule has 110 valence electrons. The van der Waals surface area contributed by atoms with E-state index < -0.39 is 0 Å². The fourth-order valence-corrected chi connectivity index (χ4v) is 4.01. The minimum absolute atomic E-state index is 0. The SMILES string of the molecule is C.COC1CCC2(CC1)Cc1cc(C)c(Br)cc1C2=N. The van der Waals surface area contributed by atoms with Gasteiger partial charge in [0.15, 0.2) is 0 Å². The lowest BCUT2D eigenvalue weighted by atomic mass is 9.70. The smallest absolute Gasteiger partial charge is 0.0572 e. The van der Waals surface area contributed by atoms with E-state index in [1.807, 2.05) is 0 Å². The third-order valence-electron chi connectivity index (χ3n) is 4.94. The van der Waals surface area contributed by atoms with Crippen LogP contribution in [0.15, 0.2) is 16.6 Å². The third-order valence-corrected chi connectivity index (χ3v) is 5.79. The fraction of sp³-hybridized carbons (Fsp3) is 0.588. The van der Waals surface area contributed by atoms with Gasteiger partial charge in [0, 0.05) is 28.3 Å². The van der Waals surface area contributed by atoms with Gasteiger partial charge in [-0.3, -0.25) is 0 Å². The number of ether oxygens (including phenoxy) is 1. The minimum atomic E-state index is 0. The van der Waals surface area contributed by atoms with E-state index in [0.717, 1.165) is 47.9 Å². The second kappa shape index (κ2) is 5.61. The molecule has 3 rings (SSSR count). The van der Waals surface area contributed by atoms with Gasteiger partial charge in [-0.05, 0) is 56.2 Å². The van der Waals surface area contributed by atoms with Gasteiger partial charge in [-0.15, -0.1) is 0 Å². The van der Waals surface area contributed by atoms with Crippen molar-refractivity contribution in [2.45, 2.75) is 52.6 Å². The van der Waals surface area contributed by atoms with E-state index >= 15 is 0 Å². The Morgan fingerprint density at radius 1 is 1.30 bits per heavy atom. The van der Waals surface area contributed by atoms with Crippen LogP contribution in [0.3, 0.4) is 0 Å². The number of methoxy groups -OCH3 is 1. The predicted molar refractivity (Wildman–Crippen MR) is 87.8 cm³/mol. The van der Waals surface area contributed by atoms with Gasteiger partial charge in [-0.1, -0.05) is 29.4 Å². The average Bonchev–Trinajstić information content (AvgIpc) is 2.65. The van der Waals surface area contributed by atoms with E-state index in [0.29, 0.717) is 6.10 Å². The zero-order valence-electron chi connectivity index (χ0n) is 11.6. The topological polar surface area (TPSA) is 33.1 Å². The van der Waals surface area contributed by atoms with Crippen molar-refractivity contribution >= 4 is 21.6 Å². The molecular formula is C17H24BrNO. The highest BCUT2D eigenvalue weighted by Gasteiger charge is 2.44. The molecule has 1 saturated carbocycles. The molecule has 1 spiro atoms. The Morgan fingerprint density at radius 3 is 2.55 bits per heavy atom. The lowest BCUT2D eigenvalue weighted by Gasteiger charge is -2.36. The van der Waals surface area contributed by atoms with E-state index in [1.54, 1.807) is 7.11 Å². The van der Waals surface area contributed by atoms with Crippen LogP contribution >= 0.6 is 15.9 Å². The molecule has 2 nitrogen and oxygen atoms in total. The molecule has 0 aliphatic heterocycles. The van der Waals surface area contributed by atoms with Crippen LogP contribution in [0.25, 0.3) is 0 Å². The Hall–Kier alpha value is -0.670. The van der Waals surface area contributed by atoms with E-state index in [-0.39, 0.29) is 12.8 Å². The summed E-state index contributed by atoms with van der Waals surface area (Å²) in [4.78, 5) is 0. The van der Waals surface area contributed by atoms with Gasteiger partial charge in [0.05, 0.1) is 6.10 Å². The van der Waals surface area contributed by atoms with Crippen molar-refractivity contribution in [3.05, 3.63) is 33.3 Å². The molecule has 0 aromatic heterocycles. The number of fused-ring (bicyclic) bond motifs is 1. The van der Waals surface area contributed by atoms with Gasteiger partial charge in [0.1, 0.15) is 0 Å². The lowest BCUT2D eigenvalue weighted by Crippen LogP contribution is -2.35. The number of hydrogen-bond donors (Lipinski definition) is 1. The fourth-order valence-electron chi connectivity index (χ4n) is 3.67. The second-order valence-corrected chi connectivity index (χ2v) is 6.88. The van der Waals surface area contributed by atoms with Crippen LogP contribution in [-0.2, 0) is 11.2 Å². The van der Waals surface area contributed by atoms with E-state index in [2.05, 4.69) is 35.0 Å². The summed E-state index contributed by atoms with van der Waals surface area (Å²) in [5.74, 6) is 0. The molecule has 0 radical (unpaired) electrons. The zero-order valence-corrected chi connectivity index (χ0v) is 13.1. The first-order valence-electron chi connectivity index (χ1n) is 6.97. The molecule has 0 atom stereocenters. The van der Waals surface area contributed by atoms with Crippen LogP contribution in [0.4, 0.5) is 0 Å². The Kier molecular flexibility index (Phi) is 4.41. The molecular weight excluding hydrogens is 314 g/mol. The largest absolute Gasteiger partial charge is 0.381 e. The maximum atomic E-state index is 8.60. The van der Waals surface area contributed by atoms with Crippen molar-refractivity contribution < 1.29 is 4.74 Å². The van der Waals surface area contributed by atoms with Gasteiger partial charge in [-0.25, -0.2) is 0 Å². The van der Waals surface area contributed by atoms with E-state index in [9.17, 15) is 0 Å². The summed E-state index contributed by atoms with van der Waals surface area (Å²) in [5, 5.41) is 8.60. The summed E-state index contributed by atoms with van der Waals surface area (Å²) < 4.78 is 6.59. The monoisotopic (exact) mass is 337 g/mol. The Balaban J connectivity index is 0.00000147.